The van der Waals surface area contributed by atoms with E-state index in [9.17, 15) is 17.6 Å². The molecule has 2 rings (SSSR count). The summed E-state index contributed by atoms with van der Waals surface area (Å²) in [5, 5.41) is 17.7. The maximum atomic E-state index is 13.5. The zero-order chi connectivity index (χ0) is 17.2. The van der Waals surface area contributed by atoms with Crippen LogP contribution < -0.4 is 4.72 Å². The van der Waals surface area contributed by atoms with Gasteiger partial charge < -0.3 is 5.11 Å². The first-order valence-corrected chi connectivity index (χ1v) is 8.27. The van der Waals surface area contributed by atoms with E-state index in [-0.39, 0.29) is 15.7 Å². The van der Waals surface area contributed by atoms with Gasteiger partial charge in [-0.25, -0.2) is 17.6 Å². The second kappa shape index (κ2) is 6.36. The van der Waals surface area contributed by atoms with Crippen molar-refractivity contribution in [3.05, 3.63) is 57.8 Å². The van der Waals surface area contributed by atoms with Gasteiger partial charge in [0.2, 0.25) is 0 Å². The number of carboxylic acid groups (broad SMARTS) is 1. The highest BCUT2D eigenvalue weighted by Crippen LogP contribution is 2.27. The number of carboxylic acids is 1. The van der Waals surface area contributed by atoms with Gasteiger partial charge in [0.05, 0.1) is 22.9 Å². The molecule has 0 aliphatic rings. The lowest BCUT2D eigenvalue weighted by Crippen LogP contribution is -2.15. The van der Waals surface area contributed by atoms with Gasteiger partial charge in [-0.2, -0.15) is 5.26 Å². The van der Waals surface area contributed by atoms with Gasteiger partial charge in [-0.15, -0.1) is 0 Å². The minimum Gasteiger partial charge on any atom is -0.478 e. The number of rotatable bonds is 4. The number of nitrogens with zero attached hydrogens (tertiary/aromatic N) is 1. The van der Waals surface area contributed by atoms with E-state index >= 15 is 0 Å². The van der Waals surface area contributed by atoms with Gasteiger partial charge in [0, 0.05) is 4.47 Å². The standard InChI is InChI=1S/C14H8BrFN2O4S/c15-11-6-12(16)10(14(19)20)5-13(11)23(21,22)18-9-3-1-2-8(4-9)7-17/h1-6,18H,(H,19,20). The molecule has 6 nitrogen and oxygen atoms in total. The first kappa shape index (κ1) is 16.9. The molecule has 0 saturated carbocycles. The Labute approximate surface area is 139 Å². The normalized spacial score (nSPS) is 10.8. The van der Waals surface area contributed by atoms with E-state index in [0.717, 1.165) is 12.1 Å². The summed E-state index contributed by atoms with van der Waals surface area (Å²) >= 11 is 2.90. The Morgan fingerprint density at radius 1 is 1.30 bits per heavy atom. The summed E-state index contributed by atoms with van der Waals surface area (Å²) in [6.07, 6.45) is 0. The molecule has 0 unspecified atom stereocenters. The second-order valence-corrected chi connectivity index (χ2v) is 6.87. The van der Waals surface area contributed by atoms with E-state index in [2.05, 4.69) is 20.7 Å². The summed E-state index contributed by atoms with van der Waals surface area (Å²) < 4.78 is 40.4. The average molecular weight is 399 g/mol. The van der Waals surface area contributed by atoms with Crippen LogP contribution in [0.25, 0.3) is 0 Å². The van der Waals surface area contributed by atoms with Crippen LogP contribution in [0.5, 0.6) is 0 Å². The van der Waals surface area contributed by atoms with Crippen molar-refractivity contribution in [2.24, 2.45) is 0 Å². The van der Waals surface area contributed by atoms with E-state index in [1.54, 1.807) is 0 Å². The van der Waals surface area contributed by atoms with Gasteiger partial charge in [-0.1, -0.05) is 6.07 Å². The molecule has 0 atom stereocenters. The highest BCUT2D eigenvalue weighted by Gasteiger charge is 2.23. The van der Waals surface area contributed by atoms with Crippen molar-refractivity contribution in [1.29, 1.82) is 5.26 Å². The van der Waals surface area contributed by atoms with E-state index in [1.165, 1.54) is 24.3 Å². The minimum absolute atomic E-state index is 0.121. The van der Waals surface area contributed by atoms with E-state index in [0.29, 0.717) is 0 Å². The third-order valence-corrected chi connectivity index (χ3v) is 5.13. The summed E-state index contributed by atoms with van der Waals surface area (Å²) in [6.45, 7) is 0. The Hall–Kier alpha value is -2.44. The monoisotopic (exact) mass is 398 g/mol. The minimum atomic E-state index is -4.18. The molecular weight excluding hydrogens is 391 g/mol. The molecule has 118 valence electrons. The molecule has 2 aromatic carbocycles. The van der Waals surface area contributed by atoms with Crippen molar-refractivity contribution in [3.8, 4) is 6.07 Å². The van der Waals surface area contributed by atoms with Gasteiger partial charge in [-0.05, 0) is 46.3 Å². The van der Waals surface area contributed by atoms with Crippen molar-refractivity contribution in [2.45, 2.75) is 4.90 Å². The topological polar surface area (TPSA) is 107 Å². The number of hydrogen-bond acceptors (Lipinski definition) is 4. The molecule has 23 heavy (non-hydrogen) atoms. The Kier molecular flexibility index (Phi) is 4.68. The van der Waals surface area contributed by atoms with Crippen LogP contribution in [0.2, 0.25) is 0 Å². The van der Waals surface area contributed by atoms with Crippen LogP contribution in [0.3, 0.4) is 0 Å². The number of aromatic carboxylic acids is 1. The Morgan fingerprint density at radius 3 is 2.61 bits per heavy atom. The maximum Gasteiger partial charge on any atom is 0.338 e. The van der Waals surface area contributed by atoms with Gasteiger partial charge in [0.1, 0.15) is 10.7 Å². The number of carbonyl (C=O) groups is 1. The third kappa shape index (κ3) is 3.67. The molecule has 0 fully saturated rings. The Bertz CT molecular complexity index is 938. The smallest absolute Gasteiger partial charge is 0.338 e. The molecule has 0 saturated heterocycles. The molecule has 0 aromatic heterocycles. The van der Waals surface area contributed by atoms with Crippen molar-refractivity contribution in [2.75, 3.05) is 4.72 Å². The lowest BCUT2D eigenvalue weighted by Gasteiger charge is -2.11. The zero-order valence-corrected chi connectivity index (χ0v) is 13.6. The van der Waals surface area contributed by atoms with Crippen molar-refractivity contribution >= 4 is 37.6 Å². The number of anilines is 1. The fourth-order valence-corrected chi connectivity index (χ4v) is 3.85. The first-order valence-electron chi connectivity index (χ1n) is 6.00. The molecule has 0 aliphatic carbocycles. The van der Waals surface area contributed by atoms with Crippen molar-refractivity contribution in [3.63, 3.8) is 0 Å². The number of benzene rings is 2. The zero-order valence-electron chi connectivity index (χ0n) is 11.2. The number of hydrogen-bond donors (Lipinski definition) is 2. The number of halogens is 2. The van der Waals surface area contributed by atoms with Crippen molar-refractivity contribution < 1.29 is 22.7 Å². The SMILES string of the molecule is N#Cc1cccc(NS(=O)(=O)c2cc(C(=O)O)c(F)cc2Br)c1. The summed E-state index contributed by atoms with van der Waals surface area (Å²) in [5.74, 6) is -2.65. The summed E-state index contributed by atoms with van der Waals surface area (Å²) in [4.78, 5) is 10.5. The Morgan fingerprint density at radius 2 is 2.00 bits per heavy atom. The van der Waals surface area contributed by atoms with Crippen LogP contribution in [0, 0.1) is 17.1 Å². The molecule has 2 aromatic rings. The summed E-state index contributed by atoms with van der Waals surface area (Å²) in [7, 11) is -4.18. The molecule has 0 spiro atoms. The average Bonchev–Trinajstić information content (AvgIpc) is 2.46. The lowest BCUT2D eigenvalue weighted by molar-refractivity contribution is 0.0691. The maximum absolute atomic E-state index is 13.5. The largest absolute Gasteiger partial charge is 0.478 e. The quantitative estimate of drug-likeness (QED) is 0.822. The third-order valence-electron chi connectivity index (χ3n) is 2.79. The van der Waals surface area contributed by atoms with Gasteiger partial charge in [-0.3, -0.25) is 4.72 Å². The first-order chi connectivity index (χ1) is 10.7. The van der Waals surface area contributed by atoms with Gasteiger partial charge in [0.25, 0.3) is 10.0 Å². The summed E-state index contributed by atoms with van der Waals surface area (Å²) in [6, 6.07) is 9.07. The molecule has 0 aliphatic heterocycles. The number of sulfonamides is 1. The molecule has 0 radical (unpaired) electrons. The van der Waals surface area contributed by atoms with Gasteiger partial charge >= 0.3 is 5.97 Å². The molecule has 0 bridgehead atoms. The van der Waals surface area contributed by atoms with E-state index in [4.69, 9.17) is 10.4 Å². The highest BCUT2D eigenvalue weighted by atomic mass is 79.9. The highest BCUT2D eigenvalue weighted by molar-refractivity contribution is 9.10. The van der Waals surface area contributed by atoms with Crippen LogP contribution in [0.4, 0.5) is 10.1 Å². The summed E-state index contributed by atoms with van der Waals surface area (Å²) in [5.41, 5.74) is -0.397. The Balaban J connectivity index is 2.49. The van der Waals surface area contributed by atoms with Crippen molar-refractivity contribution in [1.82, 2.24) is 0 Å². The van der Waals surface area contributed by atoms with Crippen LogP contribution in [0.1, 0.15) is 15.9 Å². The molecule has 2 N–H and O–H groups in total. The van der Waals surface area contributed by atoms with E-state index < -0.39 is 32.3 Å². The molecule has 0 amide bonds. The molecule has 0 heterocycles. The van der Waals surface area contributed by atoms with Crippen LogP contribution >= 0.6 is 15.9 Å². The fourth-order valence-electron chi connectivity index (χ4n) is 1.76. The lowest BCUT2D eigenvalue weighted by atomic mass is 10.2. The number of nitriles is 1. The van der Waals surface area contributed by atoms with Crippen LogP contribution in [-0.2, 0) is 10.0 Å². The predicted molar refractivity (Wildman–Crippen MR) is 83.0 cm³/mol. The molecular formula is C14H8BrFN2O4S. The predicted octanol–water partition coefficient (Wildman–Crippen LogP) is 2.96. The second-order valence-electron chi connectivity index (χ2n) is 4.37. The molecule has 9 heteroatoms. The van der Waals surface area contributed by atoms with Crippen LogP contribution in [0.15, 0.2) is 45.8 Å². The van der Waals surface area contributed by atoms with Gasteiger partial charge in [0.15, 0.2) is 0 Å². The fraction of sp³-hybridized carbons (Fsp3) is 0. The van der Waals surface area contributed by atoms with E-state index in [1.807, 2.05) is 6.07 Å². The number of nitrogens with one attached hydrogen (secondary N) is 1. The van der Waals surface area contributed by atoms with Crippen LogP contribution in [-0.4, -0.2) is 19.5 Å².